The summed E-state index contributed by atoms with van der Waals surface area (Å²) in [6.45, 7) is 11.1. The van der Waals surface area contributed by atoms with Gasteiger partial charge in [-0.1, -0.05) is 62.8 Å². The fraction of sp³-hybridized carbons (Fsp3) is 0.700. The van der Waals surface area contributed by atoms with Crippen LogP contribution in [0.3, 0.4) is 0 Å². The normalized spacial score (nSPS) is 35.6. The molecule has 258 valence electrons. The number of aromatic nitrogens is 2. The Bertz CT molecular complexity index is 1480. The molecule has 7 aliphatic rings. The number of fused-ring (bicyclic) bond motifs is 5. The number of piperazine rings is 1. The predicted octanol–water partition coefficient (Wildman–Crippen LogP) is 6.97. The number of rotatable bonds is 8. The van der Waals surface area contributed by atoms with Crippen molar-refractivity contribution in [2.75, 3.05) is 48.3 Å². The molecule has 5 fully saturated rings. The molecule has 1 saturated heterocycles. The molecule has 1 unspecified atom stereocenters. The number of nitrogens with one attached hydrogen (secondary N) is 2. The largest absolute Gasteiger partial charge is 0.367 e. The summed E-state index contributed by atoms with van der Waals surface area (Å²) in [5.74, 6) is 4.79. The van der Waals surface area contributed by atoms with E-state index < -0.39 is 0 Å². The molecule has 8 heteroatoms. The van der Waals surface area contributed by atoms with Crippen LogP contribution in [0.4, 0.5) is 17.6 Å². The Hall–Kier alpha value is -3.00. The van der Waals surface area contributed by atoms with Gasteiger partial charge in [0.25, 0.3) is 0 Å². The van der Waals surface area contributed by atoms with Gasteiger partial charge in [-0.25, -0.2) is 0 Å². The minimum absolute atomic E-state index is 0.00463. The van der Waals surface area contributed by atoms with Crippen LogP contribution in [0.1, 0.15) is 97.8 Å². The van der Waals surface area contributed by atoms with E-state index in [9.17, 15) is 9.59 Å². The summed E-state index contributed by atoms with van der Waals surface area (Å²) in [6.07, 6.45) is 22.4. The molecule has 8 nitrogen and oxygen atoms in total. The Morgan fingerprint density at radius 2 is 1.67 bits per heavy atom. The molecule has 2 heterocycles. The fourth-order valence-corrected chi connectivity index (χ4v) is 11.3. The third kappa shape index (κ3) is 5.84. The number of anilines is 3. The molecule has 1 aromatic rings. The van der Waals surface area contributed by atoms with Gasteiger partial charge in [0.05, 0.1) is 6.54 Å². The predicted molar refractivity (Wildman–Crippen MR) is 192 cm³/mol. The van der Waals surface area contributed by atoms with Crippen molar-refractivity contribution in [1.29, 1.82) is 0 Å². The summed E-state index contributed by atoms with van der Waals surface area (Å²) in [4.78, 5) is 41.2. The lowest BCUT2D eigenvalue weighted by molar-refractivity contribution is -0.129. The molecule has 48 heavy (non-hydrogen) atoms. The van der Waals surface area contributed by atoms with E-state index in [0.29, 0.717) is 42.2 Å². The molecule has 6 atom stereocenters. The van der Waals surface area contributed by atoms with E-state index in [-0.39, 0.29) is 22.5 Å². The van der Waals surface area contributed by atoms with Gasteiger partial charge >= 0.3 is 0 Å². The first-order chi connectivity index (χ1) is 23.2. The highest BCUT2D eigenvalue weighted by Crippen LogP contribution is 2.65. The maximum absolute atomic E-state index is 14.3. The molecule has 2 N–H and O–H groups in total. The van der Waals surface area contributed by atoms with Crippen LogP contribution in [0.2, 0.25) is 0 Å². The van der Waals surface area contributed by atoms with Crippen molar-refractivity contribution in [1.82, 2.24) is 14.9 Å². The molecule has 6 aliphatic carbocycles. The van der Waals surface area contributed by atoms with E-state index in [4.69, 9.17) is 9.97 Å². The highest BCUT2D eigenvalue weighted by Gasteiger charge is 2.59. The first kappa shape index (κ1) is 32.2. The van der Waals surface area contributed by atoms with Gasteiger partial charge in [-0.15, -0.1) is 0 Å². The summed E-state index contributed by atoms with van der Waals surface area (Å²) in [6, 6.07) is 3.13. The molecule has 0 radical (unpaired) electrons. The smallest absolute Gasteiger partial charge is 0.226 e. The molecule has 8 rings (SSSR count). The van der Waals surface area contributed by atoms with E-state index in [0.717, 1.165) is 69.4 Å². The minimum Gasteiger partial charge on any atom is -0.367 e. The molecule has 0 bridgehead atoms. The van der Waals surface area contributed by atoms with Gasteiger partial charge in [0.1, 0.15) is 11.6 Å². The Labute approximate surface area is 287 Å². The maximum Gasteiger partial charge on any atom is 0.226 e. The summed E-state index contributed by atoms with van der Waals surface area (Å²) >= 11 is 0. The van der Waals surface area contributed by atoms with Crippen molar-refractivity contribution < 1.29 is 9.59 Å². The zero-order valence-corrected chi connectivity index (χ0v) is 29.5. The van der Waals surface area contributed by atoms with E-state index in [2.05, 4.69) is 59.4 Å². The fourth-order valence-electron chi connectivity index (χ4n) is 11.3. The van der Waals surface area contributed by atoms with Crippen LogP contribution in [0.15, 0.2) is 41.5 Å². The molecule has 0 spiro atoms. The third-order valence-electron chi connectivity index (χ3n) is 13.8. The number of nitrogens with zero attached hydrogens (tertiary/aromatic N) is 4. The molecular weight excluding hydrogens is 596 g/mol. The van der Waals surface area contributed by atoms with Crippen molar-refractivity contribution in [3.8, 4) is 0 Å². The van der Waals surface area contributed by atoms with Crippen LogP contribution in [-0.4, -0.2) is 71.2 Å². The topological polar surface area (TPSA) is 90.5 Å². The number of Topliss-reactive ketones (excluding diaryl/α,β-unsaturated/α-hetero) is 1. The maximum atomic E-state index is 14.3. The average Bonchev–Trinajstić information content (AvgIpc) is 3.83. The first-order valence-electron chi connectivity index (χ1n) is 19.3. The van der Waals surface area contributed by atoms with Crippen LogP contribution in [0.25, 0.3) is 0 Å². The monoisotopic (exact) mass is 652 g/mol. The van der Waals surface area contributed by atoms with Crippen LogP contribution in [0, 0.1) is 34.5 Å². The van der Waals surface area contributed by atoms with Gasteiger partial charge < -0.3 is 15.5 Å². The van der Waals surface area contributed by atoms with E-state index in [1.807, 2.05) is 6.08 Å². The second kappa shape index (κ2) is 12.7. The first-order valence-corrected chi connectivity index (χ1v) is 19.3. The van der Waals surface area contributed by atoms with Crippen LogP contribution < -0.4 is 15.5 Å². The van der Waals surface area contributed by atoms with E-state index in [1.54, 1.807) is 6.08 Å². The summed E-state index contributed by atoms with van der Waals surface area (Å²) in [7, 11) is 0. The van der Waals surface area contributed by atoms with Crippen molar-refractivity contribution in [2.45, 2.75) is 110 Å². The zero-order chi connectivity index (χ0) is 33.0. The highest BCUT2D eigenvalue weighted by atomic mass is 16.1. The summed E-state index contributed by atoms with van der Waals surface area (Å²) < 4.78 is 0. The SMILES string of the molecule is CC1C[C@H]2[C@@H]3CCC4=CC(=O)C=C[C@]4(C)C3=CC[C@]2(C)[C@H]1C(=O)CN1CCN(c2cc(NC3CCCC3)nc(NC3CCCC3)n2)CC1. The average molecular weight is 653 g/mol. The Morgan fingerprint density at radius 1 is 0.958 bits per heavy atom. The molecule has 0 amide bonds. The van der Waals surface area contributed by atoms with Gasteiger partial charge in [0.2, 0.25) is 5.95 Å². The molecule has 1 aliphatic heterocycles. The summed E-state index contributed by atoms with van der Waals surface area (Å²) in [5.41, 5.74) is 2.66. The Morgan fingerprint density at radius 3 is 2.40 bits per heavy atom. The van der Waals surface area contributed by atoms with Crippen LogP contribution in [0.5, 0.6) is 0 Å². The van der Waals surface area contributed by atoms with E-state index in [1.165, 1.54) is 62.5 Å². The number of allylic oxidation sites excluding steroid dienone is 6. The van der Waals surface area contributed by atoms with Crippen LogP contribution in [-0.2, 0) is 9.59 Å². The lowest BCUT2D eigenvalue weighted by atomic mass is 9.52. The number of ketones is 2. The quantitative estimate of drug-likeness (QED) is 0.291. The van der Waals surface area contributed by atoms with Gasteiger partial charge in [-0.05, 0) is 93.6 Å². The van der Waals surface area contributed by atoms with Gasteiger partial charge in [0.15, 0.2) is 11.6 Å². The zero-order valence-electron chi connectivity index (χ0n) is 29.5. The second-order valence-corrected chi connectivity index (χ2v) is 16.8. The van der Waals surface area contributed by atoms with Crippen molar-refractivity contribution in [3.63, 3.8) is 0 Å². The number of carbonyl (C=O) groups excluding carboxylic acids is 2. The number of carbonyl (C=O) groups is 2. The molecular formula is C40H56N6O2. The second-order valence-electron chi connectivity index (χ2n) is 16.8. The Balaban J connectivity index is 0.930. The molecule has 1 aromatic heterocycles. The minimum atomic E-state index is -0.131. The molecule has 0 aromatic carbocycles. The van der Waals surface area contributed by atoms with E-state index >= 15 is 0 Å². The lowest BCUT2D eigenvalue weighted by Gasteiger charge is -2.52. The summed E-state index contributed by atoms with van der Waals surface area (Å²) in [5, 5.41) is 7.37. The number of hydrogen-bond donors (Lipinski definition) is 2. The molecule has 4 saturated carbocycles. The van der Waals surface area contributed by atoms with Gasteiger partial charge in [0, 0.05) is 55.7 Å². The number of hydrogen-bond acceptors (Lipinski definition) is 8. The van der Waals surface area contributed by atoms with Gasteiger partial charge in [-0.2, -0.15) is 9.97 Å². The van der Waals surface area contributed by atoms with Crippen LogP contribution >= 0.6 is 0 Å². The van der Waals surface area contributed by atoms with Crippen molar-refractivity contribution >= 4 is 29.2 Å². The third-order valence-corrected chi connectivity index (χ3v) is 13.8. The Kier molecular flexibility index (Phi) is 8.53. The van der Waals surface area contributed by atoms with Crippen molar-refractivity contribution in [2.24, 2.45) is 34.5 Å². The lowest BCUT2D eigenvalue weighted by Crippen LogP contribution is -2.51. The van der Waals surface area contributed by atoms with Crippen molar-refractivity contribution in [3.05, 3.63) is 41.5 Å². The van der Waals surface area contributed by atoms with Gasteiger partial charge in [-0.3, -0.25) is 14.5 Å². The highest BCUT2D eigenvalue weighted by molar-refractivity contribution is 6.01. The standard InChI is InChI=1S/C40H56N6O2/c1-26-22-33-31-13-12-27-23-30(47)14-16-39(27,2)32(31)15-17-40(33,3)37(26)34(48)25-45-18-20-46(21-19-45)36-24-35(41-28-8-4-5-9-28)43-38(44-36)42-29-10-6-7-11-29/h14-16,23-24,26,28-29,31,33,37H,4-13,17-22,25H2,1-3H3,(H2,41,42,43,44)/t26?,31-,33+,37-,39+,40+/m1/s1.